The van der Waals surface area contributed by atoms with Gasteiger partial charge in [0.05, 0.1) is 13.2 Å². The van der Waals surface area contributed by atoms with Gasteiger partial charge >= 0.3 is 0 Å². The molecule has 4 rings (SSSR count). The summed E-state index contributed by atoms with van der Waals surface area (Å²) in [7, 11) is 0. The van der Waals surface area contributed by atoms with Gasteiger partial charge in [-0.25, -0.2) is 15.0 Å². The average molecular weight is 287 g/mol. The van der Waals surface area contributed by atoms with Crippen molar-refractivity contribution in [1.82, 2.24) is 19.4 Å². The smallest absolute Gasteiger partial charge is 0.180 e. The number of ether oxygens (including phenoxy) is 1. The third-order valence-electron chi connectivity index (χ3n) is 3.39. The van der Waals surface area contributed by atoms with Crippen molar-refractivity contribution in [2.45, 2.75) is 6.10 Å². The maximum Gasteiger partial charge on any atom is 0.180 e. The van der Waals surface area contributed by atoms with Crippen LogP contribution >= 0.6 is 11.3 Å². The van der Waals surface area contributed by atoms with E-state index in [-0.39, 0.29) is 6.10 Å². The van der Waals surface area contributed by atoms with Crippen LogP contribution in [-0.4, -0.2) is 39.0 Å². The number of hydrogen-bond acceptors (Lipinski definition) is 6. The number of morpholine rings is 1. The second-order valence-corrected chi connectivity index (χ2v) is 5.51. The van der Waals surface area contributed by atoms with Gasteiger partial charge in [-0.2, -0.15) is 0 Å². The lowest BCUT2D eigenvalue weighted by molar-refractivity contribution is 0.0394. The maximum absolute atomic E-state index is 5.82. The maximum atomic E-state index is 5.82. The summed E-state index contributed by atoms with van der Waals surface area (Å²) in [5, 5.41) is 3.00. The van der Waals surface area contributed by atoms with Crippen LogP contribution < -0.4 is 4.90 Å². The normalized spacial score (nSPS) is 19.6. The van der Waals surface area contributed by atoms with Crippen LogP contribution in [-0.2, 0) is 4.74 Å². The molecular weight excluding hydrogens is 274 g/mol. The van der Waals surface area contributed by atoms with Crippen LogP contribution in [0.5, 0.6) is 0 Å². The first-order chi connectivity index (χ1) is 9.92. The quantitative estimate of drug-likeness (QED) is 0.719. The van der Waals surface area contributed by atoms with Crippen molar-refractivity contribution in [3.63, 3.8) is 0 Å². The summed E-state index contributed by atoms with van der Waals surface area (Å²) in [6, 6.07) is 0. The van der Waals surface area contributed by atoms with E-state index in [1.54, 1.807) is 23.7 Å². The van der Waals surface area contributed by atoms with Gasteiger partial charge in [0, 0.05) is 42.9 Å². The van der Waals surface area contributed by atoms with Crippen molar-refractivity contribution in [3.05, 3.63) is 41.4 Å². The van der Waals surface area contributed by atoms with Crippen LogP contribution in [0.25, 0.3) is 5.65 Å². The Kier molecular flexibility index (Phi) is 2.86. The van der Waals surface area contributed by atoms with Gasteiger partial charge in [0.2, 0.25) is 0 Å². The zero-order chi connectivity index (χ0) is 13.4. The molecule has 1 fully saturated rings. The molecule has 1 aliphatic rings. The monoisotopic (exact) mass is 287 g/mol. The third kappa shape index (κ3) is 1.95. The minimum atomic E-state index is 0.0146. The van der Waals surface area contributed by atoms with E-state index >= 15 is 0 Å². The zero-order valence-corrected chi connectivity index (χ0v) is 11.5. The number of anilines is 1. The van der Waals surface area contributed by atoms with E-state index in [1.165, 1.54) is 0 Å². The van der Waals surface area contributed by atoms with Crippen LogP contribution in [0.2, 0.25) is 0 Å². The largest absolute Gasteiger partial charge is 0.367 e. The van der Waals surface area contributed by atoms with Gasteiger partial charge in [-0.05, 0) is 0 Å². The van der Waals surface area contributed by atoms with Crippen LogP contribution in [0.4, 0.5) is 5.82 Å². The Labute approximate surface area is 119 Å². The Hall–Kier alpha value is -1.99. The molecule has 0 aliphatic carbocycles. The highest BCUT2D eigenvalue weighted by Crippen LogP contribution is 2.27. The highest BCUT2D eigenvalue weighted by atomic mass is 32.1. The van der Waals surface area contributed by atoms with Crippen molar-refractivity contribution >= 4 is 22.8 Å². The van der Waals surface area contributed by atoms with Gasteiger partial charge in [0.25, 0.3) is 0 Å². The fraction of sp³-hybridized carbons (Fsp3) is 0.308. The molecule has 4 heterocycles. The van der Waals surface area contributed by atoms with Gasteiger partial charge in [0.1, 0.15) is 11.1 Å². The van der Waals surface area contributed by atoms with E-state index in [0.717, 1.165) is 29.6 Å². The summed E-state index contributed by atoms with van der Waals surface area (Å²) in [6.45, 7) is 2.25. The van der Waals surface area contributed by atoms with Crippen molar-refractivity contribution in [3.8, 4) is 0 Å². The van der Waals surface area contributed by atoms with Crippen LogP contribution in [0, 0.1) is 0 Å². The molecule has 0 radical (unpaired) electrons. The van der Waals surface area contributed by atoms with E-state index < -0.39 is 0 Å². The SMILES string of the molecule is c1csc([C@@H]2CN(c3nccn4ccnc34)CCO2)n1. The molecule has 0 aromatic carbocycles. The third-order valence-corrected chi connectivity index (χ3v) is 4.25. The molecule has 1 atom stereocenters. The Bertz CT molecular complexity index is 710. The van der Waals surface area contributed by atoms with E-state index in [9.17, 15) is 0 Å². The first kappa shape index (κ1) is 11.8. The molecule has 3 aromatic rings. The van der Waals surface area contributed by atoms with Crippen LogP contribution in [0.15, 0.2) is 36.4 Å². The summed E-state index contributed by atoms with van der Waals surface area (Å²) in [4.78, 5) is 15.4. The molecule has 3 aromatic heterocycles. The second kappa shape index (κ2) is 4.84. The van der Waals surface area contributed by atoms with Crippen molar-refractivity contribution < 1.29 is 4.74 Å². The number of thiazole rings is 1. The number of aromatic nitrogens is 4. The number of imidazole rings is 1. The predicted octanol–water partition coefficient (Wildman–Crippen LogP) is 1.76. The molecule has 7 heteroatoms. The standard InChI is InChI=1S/C13H13N5OS/c1-4-17-5-2-15-12(11(17)14-1)18-6-7-19-10(9-18)13-16-3-8-20-13/h1-5,8,10H,6-7,9H2/t10-/m0/s1. The van der Waals surface area contributed by atoms with Crippen molar-refractivity contribution in [2.75, 3.05) is 24.6 Å². The Morgan fingerprint density at radius 2 is 2.05 bits per heavy atom. The number of nitrogens with zero attached hydrogens (tertiary/aromatic N) is 5. The second-order valence-electron chi connectivity index (χ2n) is 4.58. The van der Waals surface area contributed by atoms with Gasteiger partial charge in [0.15, 0.2) is 11.5 Å². The van der Waals surface area contributed by atoms with Crippen LogP contribution in [0.1, 0.15) is 11.1 Å². The highest BCUT2D eigenvalue weighted by molar-refractivity contribution is 7.09. The summed E-state index contributed by atoms with van der Waals surface area (Å²) in [5.41, 5.74) is 0.882. The van der Waals surface area contributed by atoms with E-state index in [2.05, 4.69) is 19.9 Å². The van der Waals surface area contributed by atoms with E-state index in [4.69, 9.17) is 4.74 Å². The fourth-order valence-corrected chi connectivity index (χ4v) is 3.12. The van der Waals surface area contributed by atoms with Crippen molar-refractivity contribution in [1.29, 1.82) is 0 Å². The fourth-order valence-electron chi connectivity index (χ4n) is 2.45. The Balaban J connectivity index is 1.66. The van der Waals surface area contributed by atoms with Crippen LogP contribution in [0.3, 0.4) is 0 Å². The minimum absolute atomic E-state index is 0.0146. The van der Waals surface area contributed by atoms with Gasteiger partial charge in [-0.3, -0.25) is 0 Å². The highest BCUT2D eigenvalue weighted by Gasteiger charge is 2.26. The lowest BCUT2D eigenvalue weighted by Crippen LogP contribution is -2.39. The van der Waals surface area contributed by atoms with Crippen molar-refractivity contribution in [2.24, 2.45) is 0 Å². The summed E-state index contributed by atoms with van der Waals surface area (Å²) >= 11 is 1.63. The molecule has 6 nitrogen and oxygen atoms in total. The molecular formula is C13H13N5OS. The number of rotatable bonds is 2. The van der Waals surface area contributed by atoms with Gasteiger partial charge < -0.3 is 14.0 Å². The predicted molar refractivity (Wildman–Crippen MR) is 76.0 cm³/mol. The average Bonchev–Trinajstić information content (AvgIpc) is 3.18. The minimum Gasteiger partial charge on any atom is -0.367 e. The lowest BCUT2D eigenvalue weighted by atomic mass is 10.3. The van der Waals surface area contributed by atoms with Gasteiger partial charge in [-0.15, -0.1) is 11.3 Å². The van der Waals surface area contributed by atoms with Gasteiger partial charge in [-0.1, -0.05) is 0 Å². The molecule has 0 amide bonds. The topological polar surface area (TPSA) is 55.6 Å². The molecule has 0 spiro atoms. The van der Waals surface area contributed by atoms with E-state index in [1.807, 2.05) is 28.4 Å². The molecule has 102 valence electrons. The molecule has 1 aliphatic heterocycles. The molecule has 0 N–H and O–H groups in total. The molecule has 0 unspecified atom stereocenters. The molecule has 1 saturated heterocycles. The molecule has 0 saturated carbocycles. The summed E-state index contributed by atoms with van der Waals surface area (Å²) in [6.07, 6.45) is 9.26. The summed E-state index contributed by atoms with van der Waals surface area (Å²) in [5.74, 6) is 0.905. The first-order valence-electron chi connectivity index (χ1n) is 6.45. The van der Waals surface area contributed by atoms with E-state index in [0.29, 0.717) is 6.61 Å². The lowest BCUT2D eigenvalue weighted by Gasteiger charge is -2.32. The number of fused-ring (bicyclic) bond motifs is 1. The first-order valence-corrected chi connectivity index (χ1v) is 7.33. The summed E-state index contributed by atoms with van der Waals surface area (Å²) < 4.78 is 7.80. The molecule has 0 bridgehead atoms. The number of hydrogen-bond donors (Lipinski definition) is 0. The zero-order valence-electron chi connectivity index (χ0n) is 10.7. The Morgan fingerprint density at radius 3 is 2.90 bits per heavy atom. The Morgan fingerprint density at radius 1 is 1.15 bits per heavy atom. The molecule has 20 heavy (non-hydrogen) atoms.